The molecule has 1 saturated heterocycles. The molecule has 2 heterocycles. The van der Waals surface area contributed by atoms with Gasteiger partial charge in [0.15, 0.2) is 0 Å². The van der Waals surface area contributed by atoms with Crippen molar-refractivity contribution in [3.63, 3.8) is 0 Å². The van der Waals surface area contributed by atoms with E-state index in [0.29, 0.717) is 5.92 Å². The average molecular weight is 318 g/mol. The number of H-pyrrole nitrogens is 1. The summed E-state index contributed by atoms with van der Waals surface area (Å²) >= 11 is 0. The Hall–Kier alpha value is -2.55. The molecule has 1 amide bonds. The van der Waals surface area contributed by atoms with E-state index in [2.05, 4.69) is 35.3 Å². The highest BCUT2D eigenvalue weighted by Gasteiger charge is 2.24. The zero-order valence-corrected chi connectivity index (χ0v) is 13.7. The fraction of sp³-hybridized carbons (Fsp3) is 0.286. The topological polar surface area (TPSA) is 36.1 Å². The molecule has 122 valence electrons. The largest absolute Gasteiger partial charge is 0.361 e. The number of nitrogens with zero attached hydrogens (tertiary/aromatic N) is 1. The maximum absolute atomic E-state index is 13.0. The van der Waals surface area contributed by atoms with Crippen LogP contribution in [0.15, 0.2) is 60.8 Å². The number of hydrogen-bond acceptors (Lipinski definition) is 1. The molecule has 1 atom stereocenters. The number of aromatic amines is 1. The minimum absolute atomic E-state index is 0.154. The second-order valence-electron chi connectivity index (χ2n) is 6.63. The molecule has 0 radical (unpaired) electrons. The van der Waals surface area contributed by atoms with Crippen LogP contribution in [-0.2, 0) is 0 Å². The van der Waals surface area contributed by atoms with Crippen LogP contribution in [0.25, 0.3) is 10.9 Å². The van der Waals surface area contributed by atoms with Crippen LogP contribution in [0, 0.1) is 0 Å². The molecule has 1 aliphatic heterocycles. The SMILES string of the molecule is O=C(c1ccc2[nH]ccc2c1)N1CCCCC(c2ccccc2)C1. The lowest BCUT2D eigenvalue weighted by atomic mass is 9.94. The first kappa shape index (κ1) is 15.0. The fourth-order valence-electron chi connectivity index (χ4n) is 3.69. The monoisotopic (exact) mass is 318 g/mol. The Kier molecular flexibility index (Phi) is 4.08. The van der Waals surface area contributed by atoms with Crippen molar-refractivity contribution in [2.24, 2.45) is 0 Å². The number of fused-ring (bicyclic) bond motifs is 1. The van der Waals surface area contributed by atoms with Gasteiger partial charge in [0.25, 0.3) is 5.91 Å². The molecule has 0 spiro atoms. The zero-order valence-electron chi connectivity index (χ0n) is 13.7. The molecule has 1 fully saturated rings. The smallest absolute Gasteiger partial charge is 0.253 e. The van der Waals surface area contributed by atoms with E-state index in [4.69, 9.17) is 0 Å². The molecule has 3 nitrogen and oxygen atoms in total. The number of nitrogens with one attached hydrogen (secondary N) is 1. The molecule has 1 aliphatic rings. The Morgan fingerprint density at radius 1 is 1.04 bits per heavy atom. The summed E-state index contributed by atoms with van der Waals surface area (Å²) in [7, 11) is 0. The first-order valence-corrected chi connectivity index (χ1v) is 8.72. The molecular weight excluding hydrogens is 296 g/mol. The summed E-state index contributed by atoms with van der Waals surface area (Å²) in [6.45, 7) is 1.67. The number of aromatic nitrogens is 1. The number of benzene rings is 2. The van der Waals surface area contributed by atoms with Crippen molar-refractivity contribution in [1.29, 1.82) is 0 Å². The van der Waals surface area contributed by atoms with Crippen LogP contribution in [-0.4, -0.2) is 28.9 Å². The van der Waals surface area contributed by atoms with E-state index >= 15 is 0 Å². The van der Waals surface area contributed by atoms with Gasteiger partial charge in [-0.05, 0) is 42.7 Å². The Bertz CT molecular complexity index is 837. The molecule has 2 aromatic carbocycles. The summed E-state index contributed by atoms with van der Waals surface area (Å²) in [6, 6.07) is 18.5. The number of hydrogen-bond donors (Lipinski definition) is 1. The predicted molar refractivity (Wildman–Crippen MR) is 97.2 cm³/mol. The molecule has 1 unspecified atom stereocenters. The van der Waals surface area contributed by atoms with Gasteiger partial charge in [-0.2, -0.15) is 0 Å². The van der Waals surface area contributed by atoms with E-state index in [0.717, 1.165) is 42.4 Å². The molecule has 4 rings (SSSR count). The van der Waals surface area contributed by atoms with Gasteiger partial charge < -0.3 is 9.88 Å². The van der Waals surface area contributed by atoms with Crippen molar-refractivity contribution in [3.8, 4) is 0 Å². The second kappa shape index (κ2) is 6.52. The standard InChI is InChI=1S/C21H22N2O/c24-21(18-9-10-20-17(14-18)11-12-22-20)23-13-5-4-8-19(15-23)16-6-2-1-3-7-16/h1-3,6-7,9-12,14,19,22H,4-5,8,13,15H2. The van der Waals surface area contributed by atoms with E-state index in [1.807, 2.05) is 35.4 Å². The van der Waals surface area contributed by atoms with Crippen LogP contribution < -0.4 is 0 Å². The van der Waals surface area contributed by atoms with E-state index in [1.165, 1.54) is 12.0 Å². The maximum atomic E-state index is 13.0. The zero-order chi connectivity index (χ0) is 16.4. The van der Waals surface area contributed by atoms with Gasteiger partial charge in [0.05, 0.1) is 0 Å². The number of rotatable bonds is 2. The molecule has 0 aliphatic carbocycles. The van der Waals surface area contributed by atoms with Gasteiger partial charge in [0, 0.05) is 41.7 Å². The quantitative estimate of drug-likeness (QED) is 0.738. The number of carbonyl (C=O) groups is 1. The highest BCUT2D eigenvalue weighted by Crippen LogP contribution is 2.27. The van der Waals surface area contributed by atoms with E-state index in [9.17, 15) is 4.79 Å². The van der Waals surface area contributed by atoms with Gasteiger partial charge in [-0.25, -0.2) is 0 Å². The van der Waals surface area contributed by atoms with Gasteiger partial charge in [0.1, 0.15) is 0 Å². The minimum Gasteiger partial charge on any atom is -0.361 e. The van der Waals surface area contributed by atoms with Gasteiger partial charge in [0.2, 0.25) is 0 Å². The number of carbonyl (C=O) groups excluding carboxylic acids is 1. The van der Waals surface area contributed by atoms with Gasteiger partial charge in [-0.1, -0.05) is 36.8 Å². The predicted octanol–water partition coefficient (Wildman–Crippen LogP) is 4.58. The van der Waals surface area contributed by atoms with Crippen LogP contribution in [0.2, 0.25) is 0 Å². The highest BCUT2D eigenvalue weighted by atomic mass is 16.2. The third-order valence-electron chi connectivity index (χ3n) is 5.03. The molecule has 0 saturated carbocycles. The summed E-state index contributed by atoms with van der Waals surface area (Å²) in [5.74, 6) is 0.592. The van der Waals surface area contributed by atoms with Gasteiger partial charge in [-0.3, -0.25) is 4.79 Å². The normalized spacial score (nSPS) is 18.5. The van der Waals surface area contributed by atoms with Crippen molar-refractivity contribution in [3.05, 3.63) is 71.9 Å². The summed E-state index contributed by atoms with van der Waals surface area (Å²) < 4.78 is 0. The fourth-order valence-corrected chi connectivity index (χ4v) is 3.69. The Balaban J connectivity index is 1.58. The first-order valence-electron chi connectivity index (χ1n) is 8.72. The lowest BCUT2D eigenvalue weighted by Crippen LogP contribution is -2.34. The third-order valence-corrected chi connectivity index (χ3v) is 5.03. The Labute approximate surface area is 142 Å². The van der Waals surface area contributed by atoms with Crippen LogP contribution in [0.5, 0.6) is 0 Å². The first-order chi connectivity index (χ1) is 11.8. The van der Waals surface area contributed by atoms with E-state index in [-0.39, 0.29) is 5.91 Å². The summed E-state index contributed by atoms with van der Waals surface area (Å²) in [5, 5.41) is 1.09. The van der Waals surface area contributed by atoms with Gasteiger partial charge in [-0.15, -0.1) is 0 Å². The lowest BCUT2D eigenvalue weighted by Gasteiger charge is -2.25. The average Bonchev–Trinajstić information content (AvgIpc) is 2.96. The van der Waals surface area contributed by atoms with Crippen LogP contribution in [0.3, 0.4) is 0 Å². The lowest BCUT2D eigenvalue weighted by molar-refractivity contribution is 0.0754. The van der Waals surface area contributed by atoms with Crippen molar-refractivity contribution in [2.75, 3.05) is 13.1 Å². The van der Waals surface area contributed by atoms with Crippen molar-refractivity contribution in [2.45, 2.75) is 25.2 Å². The third kappa shape index (κ3) is 2.94. The molecule has 0 bridgehead atoms. The maximum Gasteiger partial charge on any atom is 0.253 e. The van der Waals surface area contributed by atoms with Gasteiger partial charge >= 0.3 is 0 Å². The molecule has 1 aromatic heterocycles. The number of amides is 1. The molecule has 24 heavy (non-hydrogen) atoms. The van der Waals surface area contributed by atoms with Crippen LogP contribution >= 0.6 is 0 Å². The van der Waals surface area contributed by atoms with E-state index < -0.39 is 0 Å². The van der Waals surface area contributed by atoms with E-state index in [1.54, 1.807) is 0 Å². The van der Waals surface area contributed by atoms with Crippen molar-refractivity contribution >= 4 is 16.8 Å². The highest BCUT2D eigenvalue weighted by molar-refractivity contribution is 5.98. The second-order valence-corrected chi connectivity index (χ2v) is 6.63. The van der Waals surface area contributed by atoms with Crippen molar-refractivity contribution in [1.82, 2.24) is 9.88 Å². The summed E-state index contributed by atoms with van der Waals surface area (Å²) in [4.78, 5) is 18.2. The van der Waals surface area contributed by atoms with Crippen LogP contribution in [0.1, 0.15) is 41.1 Å². The number of likely N-dealkylation sites (tertiary alicyclic amines) is 1. The Morgan fingerprint density at radius 3 is 2.79 bits per heavy atom. The van der Waals surface area contributed by atoms with Crippen LogP contribution in [0.4, 0.5) is 0 Å². The Morgan fingerprint density at radius 2 is 1.92 bits per heavy atom. The molecule has 3 heteroatoms. The molecule has 3 aromatic rings. The van der Waals surface area contributed by atoms with Crippen molar-refractivity contribution < 1.29 is 4.79 Å². The minimum atomic E-state index is 0.154. The molecule has 1 N–H and O–H groups in total. The summed E-state index contributed by atoms with van der Waals surface area (Å²) in [6.07, 6.45) is 5.34. The molecular formula is C21H22N2O. The summed E-state index contributed by atoms with van der Waals surface area (Å²) in [5.41, 5.74) is 3.21.